The number of aryl methyl sites for hydroxylation is 1. The van der Waals surface area contributed by atoms with Gasteiger partial charge in [-0.3, -0.25) is 9.59 Å². The first-order valence-electron chi connectivity index (χ1n) is 9.32. The Hall–Kier alpha value is -1.88. The number of nitrogens with one attached hydrogen (secondary N) is 2. The third-order valence-electron chi connectivity index (χ3n) is 5.07. The molecule has 0 spiro atoms. The number of benzene rings is 1. The zero-order valence-electron chi connectivity index (χ0n) is 15.4. The third kappa shape index (κ3) is 6.16. The van der Waals surface area contributed by atoms with Crippen molar-refractivity contribution in [2.45, 2.75) is 64.5 Å². The topological polar surface area (TPSA) is 84.2 Å². The molecule has 5 nitrogen and oxygen atoms in total. The summed E-state index contributed by atoms with van der Waals surface area (Å²) in [7, 11) is 0. The molecule has 1 aliphatic carbocycles. The summed E-state index contributed by atoms with van der Waals surface area (Å²) in [4.78, 5) is 24.1. The maximum absolute atomic E-state index is 12.6. The van der Waals surface area contributed by atoms with E-state index in [0.29, 0.717) is 12.5 Å². The lowest BCUT2D eigenvalue weighted by molar-refractivity contribution is -0.123. The van der Waals surface area contributed by atoms with E-state index in [9.17, 15) is 9.59 Å². The molecule has 0 aromatic heterocycles. The molecule has 1 aliphatic rings. The van der Waals surface area contributed by atoms with Gasteiger partial charge in [0.25, 0.3) is 0 Å². The molecule has 0 aliphatic heterocycles. The van der Waals surface area contributed by atoms with Crippen molar-refractivity contribution in [3.05, 3.63) is 35.4 Å². The maximum Gasteiger partial charge on any atom is 0.222 e. The highest BCUT2D eigenvalue weighted by molar-refractivity contribution is 5.79. The molecular weight excluding hydrogens is 314 g/mol. The molecule has 2 unspecified atom stereocenters. The first kappa shape index (κ1) is 19.4. The fourth-order valence-electron chi connectivity index (χ4n) is 3.65. The van der Waals surface area contributed by atoms with Gasteiger partial charge in [-0.2, -0.15) is 0 Å². The largest absolute Gasteiger partial charge is 0.352 e. The summed E-state index contributed by atoms with van der Waals surface area (Å²) in [6, 6.07) is 7.63. The number of nitrogens with two attached hydrogens (primary N) is 1. The Bertz CT molecular complexity index is 565. The van der Waals surface area contributed by atoms with E-state index in [2.05, 4.69) is 10.6 Å². The van der Waals surface area contributed by atoms with Crippen LogP contribution in [0.4, 0.5) is 0 Å². The van der Waals surface area contributed by atoms with E-state index in [4.69, 9.17) is 5.73 Å². The van der Waals surface area contributed by atoms with Gasteiger partial charge in [0.05, 0.1) is 12.5 Å². The van der Waals surface area contributed by atoms with Gasteiger partial charge in [-0.15, -0.1) is 0 Å². The average molecular weight is 345 g/mol. The monoisotopic (exact) mass is 345 g/mol. The lowest BCUT2D eigenvalue weighted by atomic mass is 9.84. The van der Waals surface area contributed by atoms with Gasteiger partial charge in [0.1, 0.15) is 0 Å². The van der Waals surface area contributed by atoms with Crippen molar-refractivity contribution in [2.75, 3.05) is 6.54 Å². The molecule has 1 aromatic rings. The Morgan fingerprint density at radius 2 is 1.76 bits per heavy atom. The molecule has 0 saturated heterocycles. The predicted octanol–water partition coefficient (Wildman–Crippen LogP) is 2.59. The minimum atomic E-state index is -0.317. The molecule has 0 radical (unpaired) electrons. The van der Waals surface area contributed by atoms with Crippen LogP contribution in [0.5, 0.6) is 0 Å². The molecule has 2 amide bonds. The molecule has 25 heavy (non-hydrogen) atoms. The Labute approximate surface area is 150 Å². The van der Waals surface area contributed by atoms with Crippen LogP contribution in [-0.4, -0.2) is 24.4 Å². The summed E-state index contributed by atoms with van der Waals surface area (Å²) in [5, 5.41) is 5.99. The normalized spacial score (nSPS) is 17.6. The van der Waals surface area contributed by atoms with Crippen LogP contribution in [0.15, 0.2) is 24.3 Å². The summed E-state index contributed by atoms with van der Waals surface area (Å²) in [5.41, 5.74) is 8.00. The number of carbonyl (C=O) groups excluding carboxylic acids is 2. The molecule has 0 heterocycles. The third-order valence-corrected chi connectivity index (χ3v) is 5.07. The second kappa shape index (κ2) is 9.56. The van der Waals surface area contributed by atoms with Gasteiger partial charge in [0.15, 0.2) is 0 Å². The van der Waals surface area contributed by atoms with Crippen LogP contribution in [0, 0.1) is 12.8 Å². The van der Waals surface area contributed by atoms with E-state index in [1.54, 1.807) is 0 Å². The summed E-state index contributed by atoms with van der Waals surface area (Å²) in [5.74, 6) is 0.280. The number of hydrogen-bond donors (Lipinski definition) is 3. The van der Waals surface area contributed by atoms with Crippen LogP contribution >= 0.6 is 0 Å². The summed E-state index contributed by atoms with van der Waals surface area (Å²) >= 11 is 0. The van der Waals surface area contributed by atoms with Gasteiger partial charge in [-0.25, -0.2) is 0 Å². The second-order valence-corrected chi connectivity index (χ2v) is 7.18. The Balaban J connectivity index is 2.00. The van der Waals surface area contributed by atoms with Crippen molar-refractivity contribution in [1.82, 2.24) is 10.6 Å². The van der Waals surface area contributed by atoms with E-state index in [1.165, 1.54) is 26.2 Å². The van der Waals surface area contributed by atoms with Gasteiger partial charge in [-0.1, -0.05) is 49.1 Å². The zero-order chi connectivity index (χ0) is 18.2. The highest BCUT2D eigenvalue weighted by Crippen LogP contribution is 2.26. The second-order valence-electron chi connectivity index (χ2n) is 7.18. The molecule has 2 rings (SSSR count). The van der Waals surface area contributed by atoms with E-state index >= 15 is 0 Å². The number of carbonyl (C=O) groups is 2. The minimum absolute atomic E-state index is 0.0313. The van der Waals surface area contributed by atoms with Crippen molar-refractivity contribution < 1.29 is 9.59 Å². The molecule has 1 fully saturated rings. The molecule has 138 valence electrons. The Morgan fingerprint density at radius 1 is 1.12 bits per heavy atom. The summed E-state index contributed by atoms with van der Waals surface area (Å²) < 4.78 is 0. The number of amides is 2. The molecular formula is C20H31N3O2. The Kier molecular flexibility index (Phi) is 7.44. The van der Waals surface area contributed by atoms with Crippen LogP contribution in [0.25, 0.3) is 0 Å². The quantitative estimate of drug-likeness (QED) is 0.710. The first-order chi connectivity index (χ1) is 12.0. The van der Waals surface area contributed by atoms with Crippen LogP contribution < -0.4 is 16.4 Å². The highest BCUT2D eigenvalue weighted by atomic mass is 16.2. The lowest BCUT2D eigenvalue weighted by Gasteiger charge is -2.30. The van der Waals surface area contributed by atoms with E-state index in [1.807, 2.05) is 31.2 Å². The molecule has 2 atom stereocenters. The van der Waals surface area contributed by atoms with Crippen LogP contribution in [0.2, 0.25) is 0 Å². The number of hydrogen-bond acceptors (Lipinski definition) is 3. The van der Waals surface area contributed by atoms with E-state index < -0.39 is 0 Å². The van der Waals surface area contributed by atoms with Gasteiger partial charge in [0.2, 0.25) is 11.8 Å². The maximum atomic E-state index is 12.6. The van der Waals surface area contributed by atoms with E-state index in [-0.39, 0.29) is 30.3 Å². The van der Waals surface area contributed by atoms with Gasteiger partial charge < -0.3 is 16.4 Å². The summed E-state index contributed by atoms with van der Waals surface area (Å²) in [6.45, 7) is 3.95. The Morgan fingerprint density at radius 3 is 2.32 bits per heavy atom. The standard InChI is InChI=1S/C20H31N3O2/c1-14-8-10-17(11-9-14)18(22-15(2)24)12-20(25)23-19(13-21)16-6-4-3-5-7-16/h8-11,16,18-19H,3-7,12-13,21H2,1-2H3,(H,22,24)(H,23,25). The summed E-state index contributed by atoms with van der Waals surface area (Å²) in [6.07, 6.45) is 6.21. The van der Waals surface area contributed by atoms with Crippen molar-refractivity contribution in [1.29, 1.82) is 0 Å². The molecule has 1 aromatic carbocycles. The highest BCUT2D eigenvalue weighted by Gasteiger charge is 2.25. The van der Waals surface area contributed by atoms with Gasteiger partial charge in [-0.05, 0) is 31.2 Å². The molecule has 1 saturated carbocycles. The van der Waals surface area contributed by atoms with Crippen molar-refractivity contribution >= 4 is 11.8 Å². The van der Waals surface area contributed by atoms with Crippen LogP contribution in [-0.2, 0) is 9.59 Å². The molecule has 4 N–H and O–H groups in total. The van der Waals surface area contributed by atoms with E-state index in [0.717, 1.165) is 24.0 Å². The fourth-order valence-corrected chi connectivity index (χ4v) is 3.65. The number of rotatable bonds is 7. The predicted molar refractivity (Wildman–Crippen MR) is 99.9 cm³/mol. The van der Waals surface area contributed by atoms with Crippen LogP contribution in [0.1, 0.15) is 62.6 Å². The minimum Gasteiger partial charge on any atom is -0.352 e. The van der Waals surface area contributed by atoms with Gasteiger partial charge >= 0.3 is 0 Å². The smallest absolute Gasteiger partial charge is 0.222 e. The van der Waals surface area contributed by atoms with Crippen LogP contribution in [0.3, 0.4) is 0 Å². The SMILES string of the molecule is CC(=O)NC(CC(=O)NC(CN)C1CCCCC1)c1ccc(C)cc1. The van der Waals surface area contributed by atoms with Crippen molar-refractivity contribution in [2.24, 2.45) is 11.7 Å². The molecule has 0 bridgehead atoms. The lowest BCUT2D eigenvalue weighted by Crippen LogP contribution is -2.46. The first-order valence-corrected chi connectivity index (χ1v) is 9.32. The average Bonchev–Trinajstić information content (AvgIpc) is 2.60. The zero-order valence-corrected chi connectivity index (χ0v) is 15.4. The fraction of sp³-hybridized carbons (Fsp3) is 0.600. The van der Waals surface area contributed by atoms with Crippen molar-refractivity contribution in [3.8, 4) is 0 Å². The van der Waals surface area contributed by atoms with Gasteiger partial charge in [0, 0.05) is 19.5 Å². The van der Waals surface area contributed by atoms with Crippen molar-refractivity contribution in [3.63, 3.8) is 0 Å². The molecule has 5 heteroatoms.